The number of anilines is 2. The van der Waals surface area contributed by atoms with Crippen molar-refractivity contribution in [3.63, 3.8) is 0 Å². The number of hydrogen-bond acceptors (Lipinski definition) is 4. The van der Waals surface area contributed by atoms with Gasteiger partial charge >= 0.3 is 6.18 Å². The molecule has 3 amide bonds. The van der Waals surface area contributed by atoms with Gasteiger partial charge in [0, 0.05) is 23.5 Å². The second-order valence-corrected chi connectivity index (χ2v) is 6.19. The molecule has 0 heterocycles. The topological polar surface area (TPSA) is 99.3 Å². The van der Waals surface area contributed by atoms with E-state index >= 15 is 0 Å². The third kappa shape index (κ3) is 7.12. The molecule has 4 N–H and O–H groups in total. The number of nitrogens with one attached hydrogen (secondary N) is 4. The van der Waals surface area contributed by atoms with Crippen molar-refractivity contribution in [1.29, 1.82) is 0 Å². The molecule has 0 saturated carbocycles. The summed E-state index contributed by atoms with van der Waals surface area (Å²) in [4.78, 5) is 36.1. The van der Waals surface area contributed by atoms with Gasteiger partial charge in [0.2, 0.25) is 5.91 Å². The smallest absolute Gasteiger partial charge is 0.376 e. The molecule has 160 valence electrons. The highest BCUT2D eigenvalue weighted by Gasteiger charge is 2.28. The van der Waals surface area contributed by atoms with Gasteiger partial charge < -0.3 is 21.3 Å². The first kappa shape index (κ1) is 22.7. The zero-order valence-electron chi connectivity index (χ0n) is 16.1. The summed E-state index contributed by atoms with van der Waals surface area (Å²) in [5.41, 5.74) is 0.979. The fourth-order valence-electron chi connectivity index (χ4n) is 2.49. The first-order valence-corrected chi connectivity index (χ1v) is 9.05. The Balaban J connectivity index is 1.98. The van der Waals surface area contributed by atoms with Crippen molar-refractivity contribution >= 4 is 29.1 Å². The van der Waals surface area contributed by atoms with E-state index < -0.39 is 24.5 Å². The molecule has 0 spiro atoms. The summed E-state index contributed by atoms with van der Waals surface area (Å²) in [5, 5.41) is 9.79. The lowest BCUT2D eigenvalue weighted by Crippen LogP contribution is -2.34. The summed E-state index contributed by atoms with van der Waals surface area (Å²) in [6.45, 7) is 0.559. The van der Waals surface area contributed by atoms with Crippen molar-refractivity contribution in [1.82, 2.24) is 10.6 Å². The molecule has 0 aliphatic heterocycles. The van der Waals surface area contributed by atoms with Gasteiger partial charge in [0.25, 0.3) is 11.8 Å². The average molecular weight is 422 g/mol. The summed E-state index contributed by atoms with van der Waals surface area (Å²) >= 11 is 0. The molecule has 30 heavy (non-hydrogen) atoms. The van der Waals surface area contributed by atoms with Crippen LogP contribution in [-0.2, 0) is 4.79 Å². The molecule has 0 aromatic heterocycles. The minimum Gasteiger partial charge on any atom is -0.376 e. The molecule has 0 fully saturated rings. The van der Waals surface area contributed by atoms with Crippen LogP contribution in [0.25, 0.3) is 0 Å². The van der Waals surface area contributed by atoms with Crippen LogP contribution in [0.4, 0.5) is 24.5 Å². The van der Waals surface area contributed by atoms with Crippen molar-refractivity contribution in [2.45, 2.75) is 13.1 Å². The highest BCUT2D eigenvalue weighted by molar-refractivity contribution is 6.01. The number of halogens is 3. The van der Waals surface area contributed by atoms with Gasteiger partial charge in [0.15, 0.2) is 0 Å². The molecule has 0 bridgehead atoms. The number of alkyl halides is 3. The fourth-order valence-corrected chi connectivity index (χ4v) is 2.49. The number of amides is 3. The Bertz CT molecular complexity index is 916. The second-order valence-electron chi connectivity index (χ2n) is 6.19. The maximum Gasteiger partial charge on any atom is 0.405 e. The monoisotopic (exact) mass is 422 g/mol. The average Bonchev–Trinajstić information content (AvgIpc) is 2.70. The van der Waals surface area contributed by atoms with E-state index in [0.717, 1.165) is 0 Å². The molecule has 0 radical (unpaired) electrons. The molecular formula is C20H21F3N4O3. The highest BCUT2D eigenvalue weighted by atomic mass is 19.4. The van der Waals surface area contributed by atoms with Gasteiger partial charge in [-0.05, 0) is 37.3 Å². The Labute approximate surface area is 171 Å². The minimum atomic E-state index is -4.53. The molecule has 10 heteroatoms. The number of rotatable bonds is 8. The zero-order valence-corrected chi connectivity index (χ0v) is 16.1. The summed E-state index contributed by atoms with van der Waals surface area (Å²) in [6.07, 6.45) is -4.53. The molecule has 0 atom stereocenters. The number of hydrogen-bond donors (Lipinski definition) is 4. The van der Waals surface area contributed by atoms with Crippen molar-refractivity contribution in [2.24, 2.45) is 0 Å². The number of carbonyl (C=O) groups excluding carboxylic acids is 3. The van der Waals surface area contributed by atoms with E-state index in [2.05, 4.69) is 16.0 Å². The van der Waals surface area contributed by atoms with Gasteiger partial charge in [-0.1, -0.05) is 18.2 Å². The molecular weight excluding hydrogens is 401 g/mol. The van der Waals surface area contributed by atoms with E-state index in [9.17, 15) is 27.6 Å². The van der Waals surface area contributed by atoms with Gasteiger partial charge in [0.1, 0.15) is 6.54 Å². The third-order valence-electron chi connectivity index (χ3n) is 3.81. The first-order valence-electron chi connectivity index (χ1n) is 9.05. The van der Waals surface area contributed by atoms with E-state index in [1.807, 2.05) is 0 Å². The lowest BCUT2D eigenvalue weighted by Gasteiger charge is -2.13. The predicted molar refractivity (Wildman–Crippen MR) is 106 cm³/mol. The van der Waals surface area contributed by atoms with Gasteiger partial charge in [-0.25, -0.2) is 0 Å². The van der Waals surface area contributed by atoms with E-state index in [1.54, 1.807) is 36.5 Å². The summed E-state index contributed by atoms with van der Waals surface area (Å²) in [5.74, 6) is -1.65. The van der Waals surface area contributed by atoms with Crippen molar-refractivity contribution < 1.29 is 27.6 Å². The van der Waals surface area contributed by atoms with Crippen LogP contribution in [0.3, 0.4) is 0 Å². The largest absolute Gasteiger partial charge is 0.405 e. The SMILES string of the molecule is CCNC(=O)c1cccc(NC(=O)CNc2ccccc2C(=O)NCC(F)(F)F)c1. The number of carbonyl (C=O) groups is 3. The highest BCUT2D eigenvalue weighted by Crippen LogP contribution is 2.17. The molecule has 7 nitrogen and oxygen atoms in total. The summed E-state index contributed by atoms with van der Waals surface area (Å²) in [7, 11) is 0. The van der Waals surface area contributed by atoms with E-state index in [1.165, 1.54) is 24.3 Å². The molecule has 0 unspecified atom stereocenters. The standard InChI is InChI=1S/C20H21F3N4O3/c1-2-24-18(29)13-6-5-7-14(10-13)27-17(28)11-25-16-9-4-3-8-15(16)19(30)26-12-20(21,22)23/h3-10,25H,2,11-12H2,1H3,(H,24,29)(H,26,30)(H,27,28). The van der Waals surface area contributed by atoms with Crippen molar-refractivity contribution in [3.8, 4) is 0 Å². The normalized spacial score (nSPS) is 10.8. The number of benzene rings is 2. The zero-order chi connectivity index (χ0) is 22.1. The van der Waals surface area contributed by atoms with Crippen LogP contribution in [0.2, 0.25) is 0 Å². The summed E-state index contributed by atoms with van der Waals surface area (Å²) in [6, 6.07) is 12.3. The Kier molecular flexibility index (Phi) is 7.79. The van der Waals surface area contributed by atoms with Crippen LogP contribution in [0, 0.1) is 0 Å². The molecule has 0 aliphatic rings. The van der Waals surface area contributed by atoms with E-state index in [4.69, 9.17) is 0 Å². The van der Waals surface area contributed by atoms with E-state index in [0.29, 0.717) is 17.8 Å². The first-order chi connectivity index (χ1) is 14.2. The number of para-hydroxylation sites is 1. The van der Waals surface area contributed by atoms with Gasteiger partial charge in [-0.2, -0.15) is 13.2 Å². The molecule has 0 saturated heterocycles. The third-order valence-corrected chi connectivity index (χ3v) is 3.81. The fraction of sp³-hybridized carbons (Fsp3) is 0.250. The maximum atomic E-state index is 12.3. The van der Waals surface area contributed by atoms with Crippen LogP contribution in [-0.4, -0.2) is 43.5 Å². The van der Waals surface area contributed by atoms with Gasteiger partial charge in [0.05, 0.1) is 12.1 Å². The van der Waals surface area contributed by atoms with Crippen molar-refractivity contribution in [3.05, 3.63) is 59.7 Å². The van der Waals surface area contributed by atoms with Crippen LogP contribution >= 0.6 is 0 Å². The molecule has 2 aromatic carbocycles. The Morgan fingerprint density at radius 3 is 2.37 bits per heavy atom. The van der Waals surface area contributed by atoms with Gasteiger partial charge in [-0.15, -0.1) is 0 Å². The molecule has 0 aliphatic carbocycles. The van der Waals surface area contributed by atoms with Crippen LogP contribution in [0.1, 0.15) is 27.6 Å². The van der Waals surface area contributed by atoms with E-state index in [-0.39, 0.29) is 23.7 Å². The van der Waals surface area contributed by atoms with Crippen LogP contribution in [0.5, 0.6) is 0 Å². The van der Waals surface area contributed by atoms with Crippen molar-refractivity contribution in [2.75, 3.05) is 30.3 Å². The minimum absolute atomic E-state index is 0.0206. The maximum absolute atomic E-state index is 12.3. The summed E-state index contributed by atoms with van der Waals surface area (Å²) < 4.78 is 36.9. The Morgan fingerprint density at radius 2 is 1.67 bits per heavy atom. The van der Waals surface area contributed by atoms with Gasteiger partial charge in [-0.3, -0.25) is 14.4 Å². The second kappa shape index (κ2) is 10.3. The molecule has 2 rings (SSSR count). The molecule has 2 aromatic rings. The Hall–Kier alpha value is -3.56. The lowest BCUT2D eigenvalue weighted by atomic mass is 10.1. The Morgan fingerprint density at radius 1 is 0.933 bits per heavy atom. The van der Waals surface area contributed by atoms with Crippen LogP contribution < -0.4 is 21.3 Å². The quantitative estimate of drug-likeness (QED) is 0.526. The predicted octanol–water partition coefficient (Wildman–Crippen LogP) is 2.78. The van der Waals surface area contributed by atoms with Crippen LogP contribution in [0.15, 0.2) is 48.5 Å². The lowest BCUT2D eigenvalue weighted by molar-refractivity contribution is -0.123.